The van der Waals surface area contributed by atoms with Gasteiger partial charge in [-0.2, -0.15) is 0 Å². The molecule has 1 aliphatic heterocycles. The van der Waals surface area contributed by atoms with Gasteiger partial charge in [-0.3, -0.25) is 19.2 Å². The van der Waals surface area contributed by atoms with Crippen molar-refractivity contribution >= 4 is 29.6 Å². The Labute approximate surface area is 212 Å². The summed E-state index contributed by atoms with van der Waals surface area (Å²) >= 11 is 0. The van der Waals surface area contributed by atoms with Crippen molar-refractivity contribution in [3.05, 3.63) is 35.9 Å². The molecule has 1 aromatic carbocycles. The number of benzene rings is 1. The van der Waals surface area contributed by atoms with Crippen molar-refractivity contribution in [3.63, 3.8) is 0 Å². The molecule has 0 bridgehead atoms. The Hall–Kier alpha value is -3.43. The number of ketones is 1. The topological polar surface area (TPSA) is 143 Å². The van der Waals surface area contributed by atoms with Gasteiger partial charge >= 0.3 is 6.09 Å². The third-order valence-electron chi connectivity index (χ3n) is 5.99. The fraction of sp³-hybridized carbons (Fsp3) is 0.577. The highest BCUT2D eigenvalue weighted by atomic mass is 16.5. The lowest BCUT2D eigenvalue weighted by Crippen LogP contribution is -2.59. The Morgan fingerprint density at radius 1 is 0.917 bits per heavy atom. The van der Waals surface area contributed by atoms with Gasteiger partial charge in [0.25, 0.3) is 5.91 Å². The summed E-state index contributed by atoms with van der Waals surface area (Å²) in [5.74, 6) is -3.11. The number of nitrogens with one attached hydrogen (secondary N) is 4. The molecule has 1 saturated heterocycles. The second-order valence-corrected chi connectivity index (χ2v) is 9.69. The number of carbonyl (C=O) groups is 5. The maximum Gasteiger partial charge on any atom is 0.408 e. The standard InChI is InChI=1S/C26H38N4O6/c1-16(2)20(23(32)28-19-13-9-6-10-14-27-25(34)22(19)31)29-24(33)21(17(3)4)30-26(35)36-15-18-11-7-5-8-12-18/h5,7-8,11-12,16-17,19-21H,6,9-10,13-15H2,1-4H3,(H,27,34)(H,28,32)(H,29,33)(H,30,35). The minimum Gasteiger partial charge on any atom is -0.445 e. The zero-order valence-corrected chi connectivity index (χ0v) is 21.5. The number of ether oxygens (including phenoxy) is 1. The average molecular weight is 503 g/mol. The molecule has 198 valence electrons. The van der Waals surface area contributed by atoms with Gasteiger partial charge in [0.15, 0.2) is 0 Å². The summed E-state index contributed by atoms with van der Waals surface area (Å²) in [7, 11) is 0. The molecule has 10 heteroatoms. The van der Waals surface area contributed by atoms with E-state index >= 15 is 0 Å². The minimum atomic E-state index is -0.968. The third-order valence-corrected chi connectivity index (χ3v) is 5.99. The first-order chi connectivity index (χ1) is 17.1. The van der Waals surface area contributed by atoms with Crippen molar-refractivity contribution in [2.75, 3.05) is 6.54 Å². The summed E-state index contributed by atoms with van der Waals surface area (Å²) in [4.78, 5) is 63.1. The Balaban J connectivity index is 2.02. The molecule has 2 rings (SSSR count). The van der Waals surface area contributed by atoms with Crippen molar-refractivity contribution in [1.29, 1.82) is 0 Å². The Kier molecular flexibility index (Phi) is 11.4. The number of alkyl carbamates (subject to hydrolysis) is 1. The summed E-state index contributed by atoms with van der Waals surface area (Å²) in [6.07, 6.45) is 1.88. The summed E-state index contributed by atoms with van der Waals surface area (Å²) in [6.45, 7) is 7.52. The minimum absolute atomic E-state index is 0.0547. The predicted molar refractivity (Wildman–Crippen MR) is 134 cm³/mol. The molecular formula is C26H38N4O6. The van der Waals surface area contributed by atoms with E-state index in [4.69, 9.17) is 4.74 Å². The molecule has 1 aromatic rings. The van der Waals surface area contributed by atoms with Gasteiger partial charge in [-0.25, -0.2) is 4.79 Å². The van der Waals surface area contributed by atoms with Gasteiger partial charge in [0.05, 0.1) is 6.04 Å². The third kappa shape index (κ3) is 8.98. The molecule has 0 saturated carbocycles. The van der Waals surface area contributed by atoms with Crippen LogP contribution in [0.25, 0.3) is 0 Å². The SMILES string of the molecule is CC(C)C(NC(=O)OCc1ccccc1)C(=O)NC(C(=O)NC1CCCCCNC(=O)C1=O)C(C)C. The van der Waals surface area contributed by atoms with Crippen LogP contribution >= 0.6 is 0 Å². The van der Waals surface area contributed by atoms with Crippen molar-refractivity contribution < 1.29 is 28.7 Å². The van der Waals surface area contributed by atoms with E-state index in [2.05, 4.69) is 21.3 Å². The van der Waals surface area contributed by atoms with E-state index in [1.54, 1.807) is 27.7 Å². The number of hydrogen-bond donors (Lipinski definition) is 4. The van der Waals surface area contributed by atoms with Crippen molar-refractivity contribution in [1.82, 2.24) is 21.3 Å². The second-order valence-electron chi connectivity index (χ2n) is 9.69. The van der Waals surface area contributed by atoms with Crippen molar-refractivity contribution in [2.45, 2.75) is 78.1 Å². The number of hydrogen-bond acceptors (Lipinski definition) is 6. The smallest absolute Gasteiger partial charge is 0.408 e. The van der Waals surface area contributed by atoms with Crippen LogP contribution in [0.15, 0.2) is 30.3 Å². The van der Waals surface area contributed by atoms with Gasteiger partial charge in [0.2, 0.25) is 17.6 Å². The van der Waals surface area contributed by atoms with E-state index in [9.17, 15) is 24.0 Å². The fourth-order valence-electron chi connectivity index (χ4n) is 3.83. The molecule has 4 amide bonds. The Morgan fingerprint density at radius 2 is 1.56 bits per heavy atom. The Morgan fingerprint density at radius 3 is 2.19 bits per heavy atom. The first-order valence-electron chi connectivity index (χ1n) is 12.5. The van der Waals surface area contributed by atoms with Gasteiger partial charge in [-0.1, -0.05) is 70.9 Å². The highest BCUT2D eigenvalue weighted by Gasteiger charge is 2.34. The molecule has 36 heavy (non-hydrogen) atoms. The summed E-state index contributed by atoms with van der Waals surface area (Å²) in [5, 5.41) is 10.5. The number of carbonyl (C=O) groups excluding carboxylic acids is 5. The zero-order chi connectivity index (χ0) is 26.7. The zero-order valence-electron chi connectivity index (χ0n) is 21.5. The van der Waals surface area contributed by atoms with E-state index in [1.165, 1.54) is 0 Å². The summed E-state index contributed by atoms with van der Waals surface area (Å²) in [5.41, 5.74) is 0.808. The van der Waals surface area contributed by atoms with E-state index in [-0.39, 0.29) is 18.4 Å². The molecule has 0 aliphatic carbocycles. The second kappa shape index (κ2) is 14.2. The van der Waals surface area contributed by atoms with E-state index in [1.807, 2.05) is 30.3 Å². The lowest BCUT2D eigenvalue weighted by atomic mass is 9.98. The maximum atomic E-state index is 13.1. The number of amides is 4. The van der Waals surface area contributed by atoms with Crippen LogP contribution in [0, 0.1) is 11.8 Å². The molecule has 3 atom stereocenters. The largest absolute Gasteiger partial charge is 0.445 e. The van der Waals surface area contributed by atoms with Gasteiger partial charge in [-0.05, 0) is 30.2 Å². The molecule has 4 N–H and O–H groups in total. The molecule has 10 nitrogen and oxygen atoms in total. The van der Waals surface area contributed by atoms with Crippen LogP contribution in [0.1, 0.15) is 58.9 Å². The lowest BCUT2D eigenvalue weighted by Gasteiger charge is -2.28. The number of Topliss-reactive ketones (excluding diaryl/α,β-unsaturated/α-hetero) is 1. The summed E-state index contributed by atoms with van der Waals surface area (Å²) in [6, 6.07) is 6.28. The van der Waals surface area contributed by atoms with Gasteiger partial charge in [0.1, 0.15) is 18.7 Å². The molecule has 1 fully saturated rings. The molecule has 1 heterocycles. The molecule has 0 aromatic heterocycles. The molecule has 0 spiro atoms. The first kappa shape index (κ1) is 28.8. The molecule has 0 radical (unpaired) electrons. The lowest BCUT2D eigenvalue weighted by molar-refractivity contribution is -0.140. The maximum absolute atomic E-state index is 13.1. The highest BCUT2D eigenvalue weighted by Crippen LogP contribution is 2.11. The monoisotopic (exact) mass is 502 g/mol. The molecule has 3 unspecified atom stereocenters. The molecule has 1 aliphatic rings. The van der Waals surface area contributed by atoms with Crippen LogP contribution in [0.3, 0.4) is 0 Å². The van der Waals surface area contributed by atoms with Crippen LogP contribution in [0.5, 0.6) is 0 Å². The Bertz CT molecular complexity index is 918. The quantitative estimate of drug-likeness (QED) is 0.380. The van der Waals surface area contributed by atoms with Crippen LogP contribution in [-0.2, 0) is 30.5 Å². The van der Waals surface area contributed by atoms with E-state index < -0.39 is 47.7 Å². The van der Waals surface area contributed by atoms with Gasteiger partial charge in [-0.15, -0.1) is 0 Å². The van der Waals surface area contributed by atoms with Gasteiger partial charge < -0.3 is 26.0 Å². The van der Waals surface area contributed by atoms with Gasteiger partial charge in [0, 0.05) is 6.54 Å². The van der Waals surface area contributed by atoms with Crippen molar-refractivity contribution in [2.24, 2.45) is 11.8 Å². The normalized spacial score (nSPS) is 18.2. The van der Waals surface area contributed by atoms with E-state index in [0.717, 1.165) is 18.4 Å². The van der Waals surface area contributed by atoms with Crippen LogP contribution in [0.2, 0.25) is 0 Å². The summed E-state index contributed by atoms with van der Waals surface area (Å²) < 4.78 is 5.23. The fourth-order valence-corrected chi connectivity index (χ4v) is 3.83. The van der Waals surface area contributed by atoms with Crippen LogP contribution in [0.4, 0.5) is 4.79 Å². The highest BCUT2D eigenvalue weighted by molar-refractivity contribution is 6.38. The average Bonchev–Trinajstić information content (AvgIpc) is 2.91. The van der Waals surface area contributed by atoms with Crippen molar-refractivity contribution in [3.8, 4) is 0 Å². The van der Waals surface area contributed by atoms with Crippen LogP contribution in [-0.4, -0.2) is 54.3 Å². The predicted octanol–water partition coefficient (Wildman–Crippen LogP) is 1.82. The first-order valence-corrected chi connectivity index (χ1v) is 12.5. The number of rotatable bonds is 9. The molecular weight excluding hydrogens is 464 g/mol. The van der Waals surface area contributed by atoms with E-state index in [0.29, 0.717) is 19.4 Å². The van der Waals surface area contributed by atoms with Crippen LogP contribution < -0.4 is 21.3 Å².